The molecule has 0 saturated heterocycles. The first-order chi connectivity index (χ1) is 9.65. The summed E-state index contributed by atoms with van der Waals surface area (Å²) in [5.74, 6) is 0.436. The van der Waals surface area contributed by atoms with Crippen molar-refractivity contribution >= 4 is 0 Å². The van der Waals surface area contributed by atoms with Crippen molar-refractivity contribution in [3.8, 4) is 33.8 Å². The number of fused-ring (bicyclic) bond motifs is 5. The van der Waals surface area contributed by atoms with Crippen LogP contribution >= 0.6 is 0 Å². The van der Waals surface area contributed by atoms with Gasteiger partial charge in [-0.05, 0) is 59.4 Å². The molecule has 0 aliphatic heterocycles. The molecule has 0 atom stereocenters. The Kier molecular flexibility index (Phi) is 2.11. The van der Waals surface area contributed by atoms with E-state index in [1.54, 1.807) is 24.3 Å². The van der Waals surface area contributed by atoms with Crippen LogP contribution in [-0.4, -0.2) is 10.2 Å². The molecule has 3 aromatic carbocycles. The van der Waals surface area contributed by atoms with Crippen molar-refractivity contribution in [1.29, 1.82) is 0 Å². The van der Waals surface area contributed by atoms with Crippen molar-refractivity contribution in [2.45, 2.75) is 12.8 Å². The number of aromatic hydroxyl groups is 2. The van der Waals surface area contributed by atoms with Gasteiger partial charge in [-0.15, -0.1) is 0 Å². The Balaban J connectivity index is 1.97. The van der Waals surface area contributed by atoms with Crippen LogP contribution in [0.2, 0.25) is 0 Å². The summed E-state index contributed by atoms with van der Waals surface area (Å²) >= 11 is 0. The predicted molar refractivity (Wildman–Crippen MR) is 76.7 cm³/mol. The lowest BCUT2D eigenvalue weighted by Gasteiger charge is -2.13. The zero-order valence-electron chi connectivity index (χ0n) is 10.7. The first-order valence-electron chi connectivity index (χ1n) is 6.58. The third kappa shape index (κ3) is 1.50. The van der Waals surface area contributed by atoms with Crippen LogP contribution in [0, 0.1) is 0 Å². The van der Waals surface area contributed by atoms with Crippen LogP contribution in [0.1, 0.15) is 11.1 Å². The quantitative estimate of drug-likeness (QED) is 0.656. The van der Waals surface area contributed by atoms with Crippen LogP contribution in [0.25, 0.3) is 22.3 Å². The highest BCUT2D eigenvalue weighted by atomic mass is 16.3. The molecule has 0 spiro atoms. The summed E-state index contributed by atoms with van der Waals surface area (Å²) in [6.07, 6.45) is 1.48. The summed E-state index contributed by atoms with van der Waals surface area (Å²) in [6.45, 7) is 0. The van der Waals surface area contributed by atoms with E-state index in [0.717, 1.165) is 46.2 Å². The van der Waals surface area contributed by atoms with Crippen LogP contribution in [0.3, 0.4) is 0 Å². The Morgan fingerprint density at radius 1 is 0.750 bits per heavy atom. The van der Waals surface area contributed by atoms with E-state index in [-0.39, 0.29) is 16.9 Å². The van der Waals surface area contributed by atoms with Gasteiger partial charge < -0.3 is 10.2 Å². The Hall–Kier alpha value is -2.55. The van der Waals surface area contributed by atoms with Gasteiger partial charge in [-0.25, -0.2) is 0 Å². The van der Waals surface area contributed by atoms with Gasteiger partial charge in [0.1, 0.15) is 11.5 Å². The molecule has 0 radical (unpaired) electrons. The number of benzene rings is 2. The Labute approximate surface area is 115 Å². The summed E-state index contributed by atoms with van der Waals surface area (Å²) < 4.78 is 0. The molecule has 98 valence electrons. The average molecular weight is 264 g/mol. The van der Waals surface area contributed by atoms with E-state index in [0.29, 0.717) is 0 Å². The lowest BCUT2D eigenvalue weighted by Crippen LogP contribution is -1.97. The molecule has 0 saturated carbocycles. The maximum Gasteiger partial charge on any atom is 0.195 e. The van der Waals surface area contributed by atoms with Crippen molar-refractivity contribution in [2.24, 2.45) is 0 Å². The smallest absolute Gasteiger partial charge is 0.195 e. The number of rotatable bonds is 0. The van der Waals surface area contributed by atoms with Gasteiger partial charge in [-0.1, -0.05) is 12.1 Å². The van der Waals surface area contributed by atoms with E-state index in [1.165, 1.54) is 0 Å². The molecule has 0 bridgehead atoms. The third-order valence-electron chi connectivity index (χ3n) is 4.02. The molecule has 0 heterocycles. The highest BCUT2D eigenvalue weighted by Crippen LogP contribution is 2.42. The molecule has 1 aliphatic carbocycles. The lowest BCUT2D eigenvalue weighted by atomic mass is 9.91. The van der Waals surface area contributed by atoms with Gasteiger partial charge in [0.15, 0.2) is 5.43 Å². The predicted octanol–water partition coefficient (Wildman–Crippen LogP) is 2.77. The minimum Gasteiger partial charge on any atom is -0.508 e. The summed E-state index contributed by atoms with van der Waals surface area (Å²) in [7, 11) is 0. The standard InChI is InChI=1S/C17H12O3/c18-11-3-5-13-9(7-11)1-2-10-8-12(19)4-6-14(10)16-15(13)17(16)20/h3-8,18-19H,1-2H2. The molecule has 0 aromatic heterocycles. The van der Waals surface area contributed by atoms with Crippen molar-refractivity contribution in [3.63, 3.8) is 0 Å². The fraction of sp³-hybridized carbons (Fsp3) is 0.118. The fourth-order valence-electron chi connectivity index (χ4n) is 3.02. The lowest BCUT2D eigenvalue weighted by molar-refractivity contribution is 0.473. The second kappa shape index (κ2) is 3.73. The van der Waals surface area contributed by atoms with Gasteiger partial charge in [0.05, 0.1) is 0 Å². The third-order valence-corrected chi connectivity index (χ3v) is 4.02. The van der Waals surface area contributed by atoms with Crippen molar-refractivity contribution in [3.05, 3.63) is 57.7 Å². The van der Waals surface area contributed by atoms with E-state index in [9.17, 15) is 15.0 Å². The Morgan fingerprint density at radius 3 is 1.65 bits per heavy atom. The Bertz CT molecular complexity index is 783. The van der Waals surface area contributed by atoms with Gasteiger partial charge in [0.25, 0.3) is 0 Å². The molecule has 0 fully saturated rings. The zero-order valence-corrected chi connectivity index (χ0v) is 10.7. The van der Waals surface area contributed by atoms with Gasteiger partial charge in [-0.3, -0.25) is 4.79 Å². The van der Waals surface area contributed by atoms with E-state index < -0.39 is 0 Å². The van der Waals surface area contributed by atoms with E-state index in [4.69, 9.17) is 0 Å². The summed E-state index contributed by atoms with van der Waals surface area (Å²) in [5, 5.41) is 19.2. The molecular weight excluding hydrogens is 252 g/mol. The maximum atomic E-state index is 12.1. The molecule has 4 rings (SSSR count). The molecule has 20 heavy (non-hydrogen) atoms. The number of hydrogen-bond donors (Lipinski definition) is 2. The highest BCUT2D eigenvalue weighted by Gasteiger charge is 2.30. The molecule has 2 N–H and O–H groups in total. The normalized spacial score (nSPS) is 13.2. The van der Waals surface area contributed by atoms with Crippen LogP contribution in [0.5, 0.6) is 11.5 Å². The first kappa shape index (κ1) is 11.3. The van der Waals surface area contributed by atoms with Crippen molar-refractivity contribution in [2.75, 3.05) is 0 Å². The number of hydrogen-bond acceptors (Lipinski definition) is 3. The molecule has 3 heteroatoms. The van der Waals surface area contributed by atoms with Crippen LogP contribution in [0.4, 0.5) is 0 Å². The van der Waals surface area contributed by atoms with Crippen molar-refractivity contribution in [1.82, 2.24) is 0 Å². The van der Waals surface area contributed by atoms with Crippen LogP contribution in [-0.2, 0) is 12.8 Å². The molecule has 3 nitrogen and oxygen atoms in total. The number of aryl methyl sites for hydroxylation is 2. The largest absolute Gasteiger partial charge is 0.508 e. The second-order valence-corrected chi connectivity index (χ2v) is 5.26. The topological polar surface area (TPSA) is 57.5 Å². The second-order valence-electron chi connectivity index (χ2n) is 5.26. The summed E-state index contributed by atoms with van der Waals surface area (Å²) in [4.78, 5) is 12.1. The van der Waals surface area contributed by atoms with E-state index >= 15 is 0 Å². The SMILES string of the molecule is O=c1c2c1-c1ccc(O)cc1CCc1cc(O)ccc1-2. The summed E-state index contributed by atoms with van der Waals surface area (Å²) in [5.41, 5.74) is 5.42. The maximum absolute atomic E-state index is 12.1. The number of phenolic OH excluding ortho intramolecular Hbond substituents is 2. The molecule has 1 aliphatic rings. The molecule has 0 unspecified atom stereocenters. The van der Waals surface area contributed by atoms with Gasteiger partial charge >= 0.3 is 0 Å². The van der Waals surface area contributed by atoms with Gasteiger partial charge in [-0.2, -0.15) is 0 Å². The van der Waals surface area contributed by atoms with Crippen molar-refractivity contribution < 1.29 is 10.2 Å². The number of phenols is 2. The van der Waals surface area contributed by atoms with E-state index in [2.05, 4.69) is 0 Å². The Morgan fingerprint density at radius 2 is 1.20 bits per heavy atom. The summed E-state index contributed by atoms with van der Waals surface area (Å²) in [6, 6.07) is 10.3. The van der Waals surface area contributed by atoms with Crippen LogP contribution in [0.15, 0.2) is 41.2 Å². The van der Waals surface area contributed by atoms with Gasteiger partial charge in [0.2, 0.25) is 0 Å². The van der Waals surface area contributed by atoms with E-state index in [1.807, 2.05) is 12.1 Å². The fourth-order valence-corrected chi connectivity index (χ4v) is 3.02. The minimum atomic E-state index is 0.0748. The minimum absolute atomic E-state index is 0.0748. The van der Waals surface area contributed by atoms with Crippen LogP contribution < -0.4 is 5.43 Å². The monoisotopic (exact) mass is 264 g/mol. The molecular formula is C17H12O3. The molecule has 3 aromatic rings. The molecule has 0 amide bonds. The average Bonchev–Trinajstić information content (AvgIpc) is 3.05. The van der Waals surface area contributed by atoms with Gasteiger partial charge in [0, 0.05) is 11.1 Å². The zero-order chi connectivity index (χ0) is 13.9. The first-order valence-corrected chi connectivity index (χ1v) is 6.58. The highest BCUT2D eigenvalue weighted by molar-refractivity contribution is 5.96.